The molecule has 1 aromatic heterocycles. The van der Waals surface area contributed by atoms with Crippen LogP contribution in [0.2, 0.25) is 0 Å². The standard InChI is InChI=1S/C18H21N3OS/c1-20(2)16-7-5-14(6-8-16)3-4-15-9-11-21(18(22)13-15)12-10-17(19)23/h3-9,11,13H,10,12H2,1-2H3,(H2,19,23)/b4-3+. The third kappa shape index (κ3) is 5.07. The molecule has 120 valence electrons. The Morgan fingerprint density at radius 2 is 1.83 bits per heavy atom. The summed E-state index contributed by atoms with van der Waals surface area (Å²) in [6.45, 7) is 0.518. The lowest BCUT2D eigenvalue weighted by molar-refractivity contribution is 0.695. The number of nitrogens with two attached hydrogens (primary N) is 1. The van der Waals surface area contributed by atoms with Gasteiger partial charge in [0, 0.05) is 45.0 Å². The zero-order valence-electron chi connectivity index (χ0n) is 13.4. The summed E-state index contributed by atoms with van der Waals surface area (Å²) >= 11 is 4.83. The van der Waals surface area contributed by atoms with Crippen LogP contribution in [-0.2, 0) is 6.54 Å². The Labute approximate surface area is 141 Å². The Morgan fingerprint density at radius 1 is 1.17 bits per heavy atom. The van der Waals surface area contributed by atoms with Gasteiger partial charge in [-0.2, -0.15) is 0 Å². The lowest BCUT2D eigenvalue weighted by Gasteiger charge is -2.11. The van der Waals surface area contributed by atoms with E-state index in [1.165, 1.54) is 0 Å². The SMILES string of the molecule is CN(C)c1ccc(/C=C/c2ccn(CCC(N)=S)c(=O)c2)cc1. The number of rotatable bonds is 6. The Bertz CT molecular complexity index is 761. The van der Waals surface area contributed by atoms with Gasteiger partial charge in [0.05, 0.1) is 4.99 Å². The molecule has 4 nitrogen and oxygen atoms in total. The minimum Gasteiger partial charge on any atom is -0.393 e. The maximum absolute atomic E-state index is 12.0. The van der Waals surface area contributed by atoms with Crippen molar-refractivity contribution < 1.29 is 0 Å². The summed E-state index contributed by atoms with van der Waals surface area (Å²) in [5.74, 6) is 0. The van der Waals surface area contributed by atoms with E-state index in [4.69, 9.17) is 18.0 Å². The summed E-state index contributed by atoms with van der Waals surface area (Å²) in [7, 11) is 4.02. The summed E-state index contributed by atoms with van der Waals surface area (Å²) in [5, 5.41) is 0. The molecule has 0 amide bonds. The van der Waals surface area contributed by atoms with Gasteiger partial charge in [0.1, 0.15) is 0 Å². The average molecular weight is 327 g/mol. The van der Waals surface area contributed by atoms with Gasteiger partial charge in [0.25, 0.3) is 5.56 Å². The number of nitrogens with zero attached hydrogens (tertiary/aromatic N) is 2. The van der Waals surface area contributed by atoms with Crippen LogP contribution in [0.5, 0.6) is 0 Å². The highest BCUT2D eigenvalue weighted by molar-refractivity contribution is 7.80. The first-order valence-corrected chi connectivity index (χ1v) is 7.81. The van der Waals surface area contributed by atoms with Crippen LogP contribution < -0.4 is 16.2 Å². The number of anilines is 1. The molecule has 0 saturated carbocycles. The molecule has 0 aliphatic carbocycles. The smallest absolute Gasteiger partial charge is 0.251 e. The lowest BCUT2D eigenvalue weighted by atomic mass is 10.1. The predicted molar refractivity (Wildman–Crippen MR) is 102 cm³/mol. The normalized spacial score (nSPS) is 10.9. The van der Waals surface area contributed by atoms with Crippen LogP contribution in [0.1, 0.15) is 17.5 Å². The van der Waals surface area contributed by atoms with E-state index < -0.39 is 0 Å². The van der Waals surface area contributed by atoms with Gasteiger partial charge in [-0.3, -0.25) is 4.79 Å². The van der Waals surface area contributed by atoms with Crippen LogP contribution in [0, 0.1) is 0 Å². The molecule has 0 saturated heterocycles. The molecule has 2 N–H and O–H groups in total. The van der Waals surface area contributed by atoms with Crippen molar-refractivity contribution in [3.05, 3.63) is 64.1 Å². The van der Waals surface area contributed by atoms with E-state index in [-0.39, 0.29) is 5.56 Å². The number of hydrogen-bond donors (Lipinski definition) is 1. The summed E-state index contributed by atoms with van der Waals surface area (Å²) in [6.07, 6.45) is 6.23. The topological polar surface area (TPSA) is 51.3 Å². The zero-order chi connectivity index (χ0) is 16.8. The molecular weight excluding hydrogens is 306 g/mol. The Kier molecular flexibility index (Phi) is 5.71. The second kappa shape index (κ2) is 7.74. The van der Waals surface area contributed by atoms with Gasteiger partial charge < -0.3 is 15.2 Å². The van der Waals surface area contributed by atoms with Crippen molar-refractivity contribution in [1.82, 2.24) is 4.57 Å². The highest BCUT2D eigenvalue weighted by Crippen LogP contribution is 2.14. The van der Waals surface area contributed by atoms with Gasteiger partial charge >= 0.3 is 0 Å². The highest BCUT2D eigenvalue weighted by atomic mass is 32.1. The number of benzene rings is 1. The number of aromatic nitrogens is 1. The van der Waals surface area contributed by atoms with E-state index in [2.05, 4.69) is 29.2 Å². The van der Waals surface area contributed by atoms with Gasteiger partial charge in [-0.25, -0.2) is 0 Å². The Morgan fingerprint density at radius 3 is 2.39 bits per heavy atom. The molecule has 0 radical (unpaired) electrons. The number of hydrogen-bond acceptors (Lipinski definition) is 3. The first-order valence-electron chi connectivity index (χ1n) is 7.40. The second-order valence-corrected chi connectivity index (χ2v) is 6.05. The lowest BCUT2D eigenvalue weighted by Crippen LogP contribution is -2.21. The molecule has 23 heavy (non-hydrogen) atoms. The van der Waals surface area contributed by atoms with Crippen LogP contribution in [0.3, 0.4) is 0 Å². The third-order valence-electron chi connectivity index (χ3n) is 3.50. The first kappa shape index (κ1) is 17.0. The molecule has 1 heterocycles. The van der Waals surface area contributed by atoms with Crippen LogP contribution in [0.25, 0.3) is 12.2 Å². The van der Waals surface area contributed by atoms with Crippen LogP contribution in [0.4, 0.5) is 5.69 Å². The van der Waals surface area contributed by atoms with Crippen molar-refractivity contribution in [3.63, 3.8) is 0 Å². The maximum atomic E-state index is 12.0. The van der Waals surface area contributed by atoms with Crippen LogP contribution >= 0.6 is 12.2 Å². The summed E-state index contributed by atoms with van der Waals surface area (Å²) in [4.78, 5) is 14.5. The van der Waals surface area contributed by atoms with Crippen molar-refractivity contribution in [3.8, 4) is 0 Å². The molecule has 0 unspecified atom stereocenters. The molecular formula is C18H21N3OS. The molecule has 0 bridgehead atoms. The number of thiocarbonyl (C=S) groups is 1. The largest absolute Gasteiger partial charge is 0.393 e. The van der Waals surface area contributed by atoms with Crippen molar-refractivity contribution >= 4 is 35.0 Å². The van der Waals surface area contributed by atoms with Gasteiger partial charge in [-0.15, -0.1) is 0 Å². The zero-order valence-corrected chi connectivity index (χ0v) is 14.2. The fourth-order valence-electron chi connectivity index (χ4n) is 2.12. The van der Waals surface area contributed by atoms with Crippen molar-refractivity contribution in [2.75, 3.05) is 19.0 Å². The van der Waals surface area contributed by atoms with Gasteiger partial charge in [-0.05, 0) is 29.3 Å². The highest BCUT2D eigenvalue weighted by Gasteiger charge is 1.98. The Hall–Kier alpha value is -2.40. The summed E-state index contributed by atoms with van der Waals surface area (Å²) < 4.78 is 1.61. The van der Waals surface area contributed by atoms with E-state index >= 15 is 0 Å². The molecule has 5 heteroatoms. The van der Waals surface area contributed by atoms with Crippen molar-refractivity contribution in [2.24, 2.45) is 5.73 Å². The van der Waals surface area contributed by atoms with E-state index in [0.717, 1.165) is 16.8 Å². The maximum Gasteiger partial charge on any atom is 0.251 e. The summed E-state index contributed by atoms with van der Waals surface area (Å²) in [5.41, 5.74) is 8.53. The van der Waals surface area contributed by atoms with Crippen molar-refractivity contribution in [2.45, 2.75) is 13.0 Å². The van der Waals surface area contributed by atoms with Gasteiger partial charge in [0.2, 0.25) is 0 Å². The quantitative estimate of drug-likeness (QED) is 0.829. The van der Waals surface area contributed by atoms with E-state index in [1.54, 1.807) is 16.8 Å². The predicted octanol–water partition coefficient (Wildman–Crippen LogP) is 2.76. The van der Waals surface area contributed by atoms with Gasteiger partial charge in [-0.1, -0.05) is 36.5 Å². The number of pyridine rings is 1. The second-order valence-electron chi connectivity index (χ2n) is 5.53. The average Bonchev–Trinajstić information content (AvgIpc) is 2.52. The van der Waals surface area contributed by atoms with E-state index in [9.17, 15) is 4.79 Å². The van der Waals surface area contributed by atoms with Crippen LogP contribution in [-0.4, -0.2) is 23.7 Å². The van der Waals surface area contributed by atoms with Crippen LogP contribution in [0.15, 0.2) is 47.4 Å². The minimum absolute atomic E-state index is 0.0497. The molecule has 0 aliphatic rings. The fourth-order valence-corrected chi connectivity index (χ4v) is 2.21. The minimum atomic E-state index is -0.0497. The first-order chi connectivity index (χ1) is 11.0. The summed E-state index contributed by atoms with van der Waals surface area (Å²) in [6, 6.07) is 11.8. The monoisotopic (exact) mass is 327 g/mol. The molecule has 0 aliphatic heterocycles. The molecule has 0 atom stereocenters. The van der Waals surface area contributed by atoms with Crippen molar-refractivity contribution in [1.29, 1.82) is 0 Å². The fraction of sp³-hybridized carbons (Fsp3) is 0.222. The number of aryl methyl sites for hydroxylation is 1. The van der Waals surface area contributed by atoms with E-state index in [0.29, 0.717) is 18.0 Å². The Balaban J connectivity index is 2.09. The molecule has 0 spiro atoms. The molecule has 1 aromatic carbocycles. The molecule has 0 fully saturated rings. The van der Waals surface area contributed by atoms with Gasteiger partial charge in [0.15, 0.2) is 0 Å². The van der Waals surface area contributed by atoms with E-state index in [1.807, 2.05) is 32.3 Å². The molecule has 2 rings (SSSR count). The third-order valence-corrected chi connectivity index (χ3v) is 3.70. The molecule has 2 aromatic rings.